The number of ether oxygens (including phenoxy) is 1. The number of carbonyl (C=O) groups excluding carboxylic acids is 1. The molecule has 0 spiro atoms. The Morgan fingerprint density at radius 2 is 2.03 bits per heavy atom. The summed E-state index contributed by atoms with van der Waals surface area (Å²) in [6, 6.07) is 9.30. The highest BCUT2D eigenvalue weighted by atomic mass is 32.2. The van der Waals surface area contributed by atoms with Crippen LogP contribution < -0.4 is 10.1 Å². The van der Waals surface area contributed by atoms with Crippen LogP contribution in [0.4, 0.5) is 4.39 Å². The highest BCUT2D eigenvalue weighted by Gasteiger charge is 2.23. The molecule has 1 aliphatic rings. The Kier molecular flexibility index (Phi) is 6.66. The van der Waals surface area contributed by atoms with E-state index in [1.807, 2.05) is 12.1 Å². The van der Waals surface area contributed by atoms with Crippen LogP contribution in [-0.4, -0.2) is 31.6 Å². The molecule has 0 aliphatic heterocycles. The molecular weight excluding hydrogens is 407 g/mol. The first-order valence-electron chi connectivity index (χ1n) is 9.55. The van der Waals surface area contributed by atoms with E-state index in [4.69, 9.17) is 4.74 Å². The molecule has 1 unspecified atom stereocenters. The predicted octanol–water partition coefficient (Wildman–Crippen LogP) is 4.26. The fourth-order valence-electron chi connectivity index (χ4n) is 3.02. The first-order chi connectivity index (χ1) is 14.2. The second-order valence-corrected chi connectivity index (χ2v) is 9.06. The Morgan fingerprint density at radius 3 is 2.67 bits per heavy atom. The molecule has 1 amide bonds. The Hall–Kier alpha value is -3.00. The molecule has 0 bridgehead atoms. The molecule has 6 nitrogen and oxygen atoms in total. The van der Waals surface area contributed by atoms with Crippen LogP contribution in [0.15, 0.2) is 54.0 Å². The molecule has 1 N–H and O–H groups in total. The maximum absolute atomic E-state index is 14.8. The Balaban J connectivity index is 1.94. The second-order valence-electron chi connectivity index (χ2n) is 7.13. The molecule has 2 aromatic rings. The van der Waals surface area contributed by atoms with E-state index in [1.54, 1.807) is 31.2 Å². The van der Waals surface area contributed by atoms with Crippen molar-refractivity contribution in [2.45, 2.75) is 32.2 Å². The zero-order valence-electron chi connectivity index (χ0n) is 16.8. The summed E-state index contributed by atoms with van der Waals surface area (Å²) < 4.78 is 43.1. The van der Waals surface area contributed by atoms with Crippen molar-refractivity contribution >= 4 is 21.3 Å². The molecule has 30 heavy (non-hydrogen) atoms. The summed E-state index contributed by atoms with van der Waals surface area (Å²) in [7, 11) is -3.33. The number of para-hydroxylation sites is 1. The van der Waals surface area contributed by atoms with Gasteiger partial charge < -0.3 is 10.1 Å². The van der Waals surface area contributed by atoms with Crippen LogP contribution in [0.3, 0.4) is 0 Å². The molecule has 0 radical (unpaired) electrons. The second kappa shape index (κ2) is 9.21. The smallest absolute Gasteiger partial charge is 0.257 e. The number of carbonyl (C=O) groups is 1. The minimum atomic E-state index is -3.33. The van der Waals surface area contributed by atoms with Crippen LogP contribution >= 0.6 is 0 Å². The molecule has 1 atom stereocenters. The van der Waals surface area contributed by atoms with Crippen LogP contribution in [0.25, 0.3) is 5.57 Å². The number of halogens is 1. The monoisotopic (exact) mass is 430 g/mol. The van der Waals surface area contributed by atoms with E-state index < -0.39 is 27.6 Å². The van der Waals surface area contributed by atoms with E-state index in [0.717, 1.165) is 36.1 Å². The van der Waals surface area contributed by atoms with Gasteiger partial charge in [0.05, 0.1) is 0 Å². The zero-order valence-corrected chi connectivity index (χ0v) is 17.6. The van der Waals surface area contributed by atoms with Gasteiger partial charge in [0.15, 0.2) is 9.84 Å². The lowest BCUT2D eigenvalue weighted by atomic mass is 10.1. The van der Waals surface area contributed by atoms with Gasteiger partial charge in [-0.3, -0.25) is 4.79 Å². The molecule has 1 aromatic carbocycles. The number of nitrogens with zero attached hydrogens (tertiary/aromatic N) is 1. The summed E-state index contributed by atoms with van der Waals surface area (Å²) in [4.78, 5) is 17.1. The standard InChI is InChI=1S/C22H23FN2O4S/c1-15(12-13-30(2,27)28)24-21(26)18-14-19(23)20(16-8-6-7-9-16)25-22(18)29-17-10-4-3-5-11-17/h3-5,8,10-15H,6-7,9H2,1-2H3,(H,24,26)/b13-12+. The van der Waals surface area contributed by atoms with Crippen molar-refractivity contribution in [1.82, 2.24) is 10.3 Å². The van der Waals surface area contributed by atoms with Crippen molar-refractivity contribution < 1.29 is 22.3 Å². The van der Waals surface area contributed by atoms with Crippen molar-refractivity contribution in [3.05, 3.63) is 71.0 Å². The van der Waals surface area contributed by atoms with Gasteiger partial charge in [0, 0.05) is 17.7 Å². The summed E-state index contributed by atoms with van der Waals surface area (Å²) in [6.45, 7) is 1.61. The van der Waals surface area contributed by atoms with Crippen LogP contribution in [0, 0.1) is 5.82 Å². The summed E-state index contributed by atoms with van der Waals surface area (Å²) in [5, 5.41) is 3.63. The molecule has 0 fully saturated rings. The van der Waals surface area contributed by atoms with Crippen molar-refractivity contribution in [2.75, 3.05) is 6.26 Å². The number of hydrogen-bond acceptors (Lipinski definition) is 5. The van der Waals surface area contributed by atoms with E-state index in [1.165, 1.54) is 6.08 Å². The Bertz CT molecular complexity index is 1100. The minimum absolute atomic E-state index is 0.0119. The fraction of sp³-hybridized carbons (Fsp3) is 0.273. The van der Waals surface area contributed by atoms with E-state index in [2.05, 4.69) is 10.3 Å². The maximum Gasteiger partial charge on any atom is 0.257 e. The predicted molar refractivity (Wildman–Crippen MR) is 113 cm³/mol. The van der Waals surface area contributed by atoms with Gasteiger partial charge in [0.2, 0.25) is 5.88 Å². The SMILES string of the molecule is CC(/C=C/S(C)(=O)=O)NC(=O)c1cc(F)c(C2=CCCC2)nc1Oc1ccccc1. The summed E-state index contributed by atoms with van der Waals surface area (Å²) >= 11 is 0. The van der Waals surface area contributed by atoms with Crippen LogP contribution in [0.2, 0.25) is 0 Å². The van der Waals surface area contributed by atoms with Crippen molar-refractivity contribution in [2.24, 2.45) is 0 Å². The number of nitrogens with one attached hydrogen (secondary N) is 1. The fourth-order valence-corrected chi connectivity index (χ4v) is 3.54. The third kappa shape index (κ3) is 5.76. The highest BCUT2D eigenvalue weighted by molar-refractivity contribution is 7.93. The summed E-state index contributed by atoms with van der Waals surface area (Å²) in [5.74, 6) is -0.776. The molecule has 1 heterocycles. The molecular formula is C22H23FN2O4S. The molecule has 1 aliphatic carbocycles. The molecule has 8 heteroatoms. The Labute approximate surface area is 175 Å². The van der Waals surface area contributed by atoms with Gasteiger partial charge >= 0.3 is 0 Å². The maximum atomic E-state index is 14.8. The van der Waals surface area contributed by atoms with Gasteiger partial charge in [0.25, 0.3) is 5.91 Å². The Morgan fingerprint density at radius 1 is 1.30 bits per heavy atom. The molecule has 0 saturated carbocycles. The normalized spacial score (nSPS) is 15.1. The topological polar surface area (TPSA) is 85.4 Å². The average molecular weight is 431 g/mol. The quantitative estimate of drug-likeness (QED) is 0.710. The molecule has 3 rings (SSSR count). The lowest BCUT2D eigenvalue weighted by molar-refractivity contribution is 0.0943. The van der Waals surface area contributed by atoms with Gasteiger partial charge in [-0.25, -0.2) is 17.8 Å². The number of amides is 1. The molecule has 0 saturated heterocycles. The number of sulfone groups is 1. The zero-order chi connectivity index (χ0) is 21.7. The summed E-state index contributed by atoms with van der Waals surface area (Å²) in [6.07, 6.45) is 6.84. The lowest BCUT2D eigenvalue weighted by Crippen LogP contribution is -2.31. The number of allylic oxidation sites excluding steroid dienone is 2. The van der Waals surface area contributed by atoms with Crippen LogP contribution in [0.1, 0.15) is 42.2 Å². The number of rotatable bonds is 7. The third-order valence-electron chi connectivity index (χ3n) is 4.46. The van der Waals surface area contributed by atoms with Gasteiger partial charge in [-0.2, -0.15) is 0 Å². The van der Waals surface area contributed by atoms with Crippen molar-refractivity contribution in [3.8, 4) is 11.6 Å². The molecule has 158 valence electrons. The van der Waals surface area contributed by atoms with Gasteiger partial charge in [-0.05, 0) is 50.0 Å². The van der Waals surface area contributed by atoms with Crippen LogP contribution in [0.5, 0.6) is 11.6 Å². The van der Waals surface area contributed by atoms with E-state index in [-0.39, 0.29) is 17.1 Å². The van der Waals surface area contributed by atoms with Gasteiger partial charge in [-0.1, -0.05) is 30.4 Å². The first-order valence-corrected chi connectivity index (χ1v) is 11.5. The highest BCUT2D eigenvalue weighted by Crippen LogP contribution is 2.32. The average Bonchev–Trinajstić information content (AvgIpc) is 3.22. The van der Waals surface area contributed by atoms with Gasteiger partial charge in [0.1, 0.15) is 22.8 Å². The number of aromatic nitrogens is 1. The van der Waals surface area contributed by atoms with Gasteiger partial charge in [-0.15, -0.1) is 0 Å². The third-order valence-corrected chi connectivity index (χ3v) is 5.11. The minimum Gasteiger partial charge on any atom is -0.438 e. The number of benzene rings is 1. The van der Waals surface area contributed by atoms with E-state index in [9.17, 15) is 17.6 Å². The van der Waals surface area contributed by atoms with E-state index >= 15 is 0 Å². The van der Waals surface area contributed by atoms with Crippen molar-refractivity contribution in [1.29, 1.82) is 0 Å². The largest absolute Gasteiger partial charge is 0.438 e. The number of pyridine rings is 1. The molecule has 1 aromatic heterocycles. The van der Waals surface area contributed by atoms with E-state index in [0.29, 0.717) is 12.2 Å². The lowest BCUT2D eigenvalue weighted by Gasteiger charge is -2.15. The van der Waals surface area contributed by atoms with Crippen molar-refractivity contribution in [3.63, 3.8) is 0 Å². The summed E-state index contributed by atoms with van der Waals surface area (Å²) in [5.41, 5.74) is 0.903. The van der Waals surface area contributed by atoms with Crippen LogP contribution in [-0.2, 0) is 9.84 Å². The first kappa shape index (κ1) is 21.7. The number of hydrogen-bond donors (Lipinski definition) is 1.